The normalized spacial score (nSPS) is 13.1. The fourth-order valence-electron chi connectivity index (χ4n) is 1.85. The van der Waals surface area contributed by atoms with E-state index in [2.05, 4.69) is 10.4 Å². The summed E-state index contributed by atoms with van der Waals surface area (Å²) in [5.41, 5.74) is -1.01. The summed E-state index contributed by atoms with van der Waals surface area (Å²) in [6.07, 6.45) is -1.34. The molecule has 0 bridgehead atoms. The van der Waals surface area contributed by atoms with Gasteiger partial charge in [-0.15, -0.1) is 0 Å². The number of amides is 1. The van der Waals surface area contributed by atoms with E-state index in [4.69, 9.17) is 4.42 Å². The Bertz CT molecular complexity index is 590. The number of rotatable bonds is 5. The average molecular weight is 301 g/mol. The highest BCUT2D eigenvalue weighted by atomic mass is 19.4. The van der Waals surface area contributed by atoms with Crippen LogP contribution in [0, 0.1) is 0 Å². The van der Waals surface area contributed by atoms with Crippen LogP contribution in [0.25, 0.3) is 0 Å². The third-order valence-electron chi connectivity index (χ3n) is 2.73. The maximum absolute atomic E-state index is 12.4. The van der Waals surface area contributed by atoms with Crippen LogP contribution in [-0.2, 0) is 23.9 Å². The van der Waals surface area contributed by atoms with Crippen LogP contribution in [0.1, 0.15) is 18.4 Å². The summed E-state index contributed by atoms with van der Waals surface area (Å²) in [6, 6.07) is 4.17. The molecule has 1 atom stereocenters. The Hall–Kier alpha value is -2.25. The highest BCUT2D eigenvalue weighted by Gasteiger charge is 2.33. The molecule has 0 saturated heterocycles. The first kappa shape index (κ1) is 15.1. The zero-order valence-electron chi connectivity index (χ0n) is 11.2. The van der Waals surface area contributed by atoms with Gasteiger partial charge in [-0.3, -0.25) is 9.48 Å². The fraction of sp³-hybridized carbons (Fsp3) is 0.385. The van der Waals surface area contributed by atoms with Crippen LogP contribution in [0.15, 0.2) is 35.1 Å². The van der Waals surface area contributed by atoms with Gasteiger partial charge >= 0.3 is 6.18 Å². The minimum atomic E-state index is -4.51. The minimum Gasteiger partial charge on any atom is -0.469 e. The van der Waals surface area contributed by atoms with Gasteiger partial charge in [-0.25, -0.2) is 0 Å². The molecular formula is C13H14F3N3O2. The van der Waals surface area contributed by atoms with Crippen molar-refractivity contribution in [2.45, 2.75) is 32.1 Å². The zero-order chi connectivity index (χ0) is 15.5. The largest absolute Gasteiger partial charge is 0.469 e. The van der Waals surface area contributed by atoms with E-state index in [9.17, 15) is 18.0 Å². The Balaban J connectivity index is 1.85. The smallest absolute Gasteiger partial charge is 0.435 e. The van der Waals surface area contributed by atoms with Gasteiger partial charge in [0.2, 0.25) is 5.91 Å². The standard InChI is InChI=1S/C13H14F3N3O2/c1-9(7-10-3-2-6-21-10)17-12(20)8-19-5-4-11(18-19)13(14,15)16/h2-6,9H,7-8H2,1H3,(H,17,20). The molecule has 0 fully saturated rings. The van der Waals surface area contributed by atoms with E-state index >= 15 is 0 Å². The first-order chi connectivity index (χ1) is 9.84. The van der Waals surface area contributed by atoms with Gasteiger partial charge in [0.15, 0.2) is 5.69 Å². The summed E-state index contributed by atoms with van der Waals surface area (Å²) in [4.78, 5) is 11.7. The van der Waals surface area contributed by atoms with E-state index < -0.39 is 17.8 Å². The number of nitrogens with zero attached hydrogens (tertiary/aromatic N) is 2. The van der Waals surface area contributed by atoms with Crippen molar-refractivity contribution in [3.63, 3.8) is 0 Å². The van der Waals surface area contributed by atoms with Gasteiger partial charge in [0, 0.05) is 18.7 Å². The molecule has 2 aromatic heterocycles. The molecule has 2 heterocycles. The van der Waals surface area contributed by atoms with Crippen molar-refractivity contribution in [1.29, 1.82) is 0 Å². The van der Waals surface area contributed by atoms with Crippen molar-refractivity contribution in [2.24, 2.45) is 0 Å². The third kappa shape index (κ3) is 4.37. The van der Waals surface area contributed by atoms with E-state index in [1.807, 2.05) is 0 Å². The Morgan fingerprint density at radius 1 is 1.48 bits per heavy atom. The van der Waals surface area contributed by atoms with Crippen molar-refractivity contribution < 1.29 is 22.4 Å². The quantitative estimate of drug-likeness (QED) is 0.921. The van der Waals surface area contributed by atoms with Gasteiger partial charge in [-0.2, -0.15) is 18.3 Å². The lowest BCUT2D eigenvalue weighted by molar-refractivity contribution is -0.141. The highest BCUT2D eigenvalue weighted by molar-refractivity contribution is 5.75. The van der Waals surface area contributed by atoms with Crippen LogP contribution in [0.2, 0.25) is 0 Å². The number of halogens is 3. The molecule has 1 unspecified atom stereocenters. The lowest BCUT2D eigenvalue weighted by Gasteiger charge is -2.12. The molecule has 0 spiro atoms. The van der Waals surface area contributed by atoms with E-state index in [1.54, 1.807) is 19.1 Å². The van der Waals surface area contributed by atoms with Crippen molar-refractivity contribution in [2.75, 3.05) is 0 Å². The first-order valence-corrected chi connectivity index (χ1v) is 6.27. The van der Waals surface area contributed by atoms with Crippen LogP contribution in [0.3, 0.4) is 0 Å². The summed E-state index contributed by atoms with van der Waals surface area (Å²) in [7, 11) is 0. The van der Waals surface area contributed by atoms with Crippen LogP contribution in [-0.4, -0.2) is 21.7 Å². The van der Waals surface area contributed by atoms with E-state index in [1.165, 1.54) is 6.26 Å². The highest BCUT2D eigenvalue weighted by Crippen LogP contribution is 2.27. The van der Waals surface area contributed by atoms with E-state index in [0.29, 0.717) is 6.42 Å². The van der Waals surface area contributed by atoms with Gasteiger partial charge in [0.05, 0.1) is 6.26 Å². The monoisotopic (exact) mass is 301 g/mol. The molecule has 8 heteroatoms. The van der Waals surface area contributed by atoms with E-state index in [-0.39, 0.29) is 12.6 Å². The lowest BCUT2D eigenvalue weighted by Crippen LogP contribution is -2.36. The molecule has 0 radical (unpaired) electrons. The van der Waals surface area contributed by atoms with Gasteiger partial charge in [0.25, 0.3) is 0 Å². The zero-order valence-corrected chi connectivity index (χ0v) is 11.2. The predicted molar refractivity (Wildman–Crippen MR) is 67.2 cm³/mol. The molecule has 114 valence electrons. The Morgan fingerprint density at radius 3 is 2.81 bits per heavy atom. The number of alkyl halides is 3. The van der Waals surface area contributed by atoms with Crippen LogP contribution < -0.4 is 5.32 Å². The number of aromatic nitrogens is 2. The molecule has 0 aliphatic heterocycles. The SMILES string of the molecule is CC(Cc1ccco1)NC(=O)Cn1ccc(C(F)(F)F)n1. The van der Waals surface area contributed by atoms with Crippen molar-refractivity contribution >= 4 is 5.91 Å². The predicted octanol–water partition coefficient (Wildman–Crippen LogP) is 2.24. The first-order valence-electron chi connectivity index (χ1n) is 6.27. The maximum atomic E-state index is 12.4. The number of hydrogen-bond acceptors (Lipinski definition) is 3. The number of hydrogen-bond donors (Lipinski definition) is 1. The molecule has 5 nitrogen and oxygen atoms in total. The lowest BCUT2D eigenvalue weighted by atomic mass is 10.2. The summed E-state index contributed by atoms with van der Waals surface area (Å²) in [5.74, 6) is 0.312. The average Bonchev–Trinajstić information content (AvgIpc) is 2.98. The maximum Gasteiger partial charge on any atom is 0.435 e. The summed E-state index contributed by atoms with van der Waals surface area (Å²) >= 11 is 0. The number of furan rings is 1. The van der Waals surface area contributed by atoms with Gasteiger partial charge in [-0.1, -0.05) is 0 Å². The molecule has 0 aromatic carbocycles. The molecule has 2 rings (SSSR count). The molecule has 2 aromatic rings. The van der Waals surface area contributed by atoms with Crippen LogP contribution >= 0.6 is 0 Å². The number of carbonyl (C=O) groups is 1. The van der Waals surface area contributed by atoms with E-state index in [0.717, 1.165) is 22.7 Å². The van der Waals surface area contributed by atoms with Gasteiger partial charge in [0.1, 0.15) is 12.3 Å². The molecule has 0 aliphatic carbocycles. The Morgan fingerprint density at radius 2 is 2.24 bits per heavy atom. The molecule has 1 N–H and O–H groups in total. The summed E-state index contributed by atoms with van der Waals surface area (Å²) < 4.78 is 43.2. The Labute approximate surface area is 118 Å². The van der Waals surface area contributed by atoms with Crippen LogP contribution in [0.5, 0.6) is 0 Å². The van der Waals surface area contributed by atoms with Crippen molar-refractivity contribution in [1.82, 2.24) is 15.1 Å². The number of nitrogens with one attached hydrogen (secondary N) is 1. The minimum absolute atomic E-state index is 0.193. The number of carbonyl (C=O) groups excluding carboxylic acids is 1. The molecule has 21 heavy (non-hydrogen) atoms. The van der Waals surface area contributed by atoms with Crippen LogP contribution in [0.4, 0.5) is 13.2 Å². The molecule has 1 amide bonds. The second-order valence-corrected chi connectivity index (χ2v) is 4.65. The second kappa shape index (κ2) is 6.02. The molecular weight excluding hydrogens is 287 g/mol. The topological polar surface area (TPSA) is 60.1 Å². The Kier molecular flexibility index (Phi) is 4.35. The van der Waals surface area contributed by atoms with Gasteiger partial charge < -0.3 is 9.73 Å². The summed E-state index contributed by atoms with van der Waals surface area (Å²) in [5, 5.41) is 5.99. The van der Waals surface area contributed by atoms with Gasteiger partial charge in [-0.05, 0) is 25.1 Å². The van der Waals surface area contributed by atoms with Crippen molar-refractivity contribution in [3.8, 4) is 0 Å². The second-order valence-electron chi connectivity index (χ2n) is 4.65. The fourth-order valence-corrected chi connectivity index (χ4v) is 1.85. The van der Waals surface area contributed by atoms with Crippen molar-refractivity contribution in [3.05, 3.63) is 42.1 Å². The summed E-state index contributed by atoms with van der Waals surface area (Å²) in [6.45, 7) is 1.52. The molecule has 0 saturated carbocycles. The third-order valence-corrected chi connectivity index (χ3v) is 2.73. The molecule has 0 aliphatic rings.